The number of carbonyl (C=O) groups is 2. The maximum atomic E-state index is 11.8. The van der Waals surface area contributed by atoms with Crippen LogP contribution in [0.5, 0.6) is 0 Å². The van der Waals surface area contributed by atoms with Gasteiger partial charge in [-0.05, 0) is 45.7 Å². The average molecular weight is 620 g/mol. The van der Waals surface area contributed by atoms with Crippen molar-refractivity contribution in [3.8, 4) is 0 Å². The third kappa shape index (κ3) is 8.34. The van der Waals surface area contributed by atoms with E-state index >= 15 is 0 Å². The molecule has 0 spiro atoms. The first kappa shape index (κ1) is 26.6. The highest BCUT2D eigenvalue weighted by Gasteiger charge is 2.12. The first-order chi connectivity index (χ1) is 15.5. The number of carboxylic acid groups (broad SMARTS) is 1. The minimum Gasteiger partial charge on any atom is -0.476 e. The van der Waals surface area contributed by atoms with Gasteiger partial charge in [0.2, 0.25) is 0 Å². The van der Waals surface area contributed by atoms with E-state index in [-0.39, 0.29) is 11.6 Å². The molecule has 0 aromatic carbocycles. The van der Waals surface area contributed by atoms with Crippen LogP contribution in [-0.4, -0.2) is 46.5 Å². The van der Waals surface area contributed by atoms with Crippen molar-refractivity contribution in [3.63, 3.8) is 0 Å². The Hall–Kier alpha value is -2.62. The Bertz CT molecular complexity index is 1230. The fourth-order valence-corrected chi connectivity index (χ4v) is 4.21. The summed E-state index contributed by atoms with van der Waals surface area (Å²) in [6, 6.07) is 0. The Balaban J connectivity index is 0.000000192. The second kappa shape index (κ2) is 12.0. The van der Waals surface area contributed by atoms with Crippen LogP contribution in [0.3, 0.4) is 0 Å². The molecule has 0 fully saturated rings. The molecule has 0 aliphatic carbocycles. The lowest BCUT2D eigenvalue weighted by molar-refractivity contribution is 0.0691. The van der Waals surface area contributed by atoms with Gasteiger partial charge in [-0.2, -0.15) is 10.2 Å². The minimum atomic E-state index is -0.989. The molecule has 4 N–H and O–H groups in total. The number of nitrogen functional groups attached to an aromatic ring is 1. The van der Waals surface area contributed by atoms with Crippen LogP contribution < -0.4 is 11.1 Å². The van der Waals surface area contributed by atoms with Gasteiger partial charge in [0.05, 0.1) is 22.8 Å². The molecule has 0 unspecified atom stereocenters. The molecule has 0 radical (unpaired) electrons. The summed E-state index contributed by atoms with van der Waals surface area (Å²) in [4.78, 5) is 29.6. The largest absolute Gasteiger partial charge is 0.476 e. The quantitative estimate of drug-likeness (QED) is 0.309. The van der Waals surface area contributed by atoms with Gasteiger partial charge in [0.25, 0.3) is 5.91 Å². The fourth-order valence-electron chi connectivity index (χ4n) is 2.23. The molecule has 0 bridgehead atoms. The molecule has 4 aromatic heterocycles. The van der Waals surface area contributed by atoms with E-state index in [0.717, 1.165) is 17.1 Å². The molecule has 0 atom stereocenters. The third-order valence-corrected chi connectivity index (χ3v) is 6.45. The molecular formula is C18H20Br2N8O3S2. The molecule has 0 saturated heterocycles. The van der Waals surface area contributed by atoms with Crippen molar-refractivity contribution in [2.45, 2.75) is 13.8 Å². The fraction of sp³-hybridized carbons (Fsp3) is 0.222. The number of hydrogen-bond donors (Lipinski definition) is 3. The molecule has 176 valence electrons. The summed E-state index contributed by atoms with van der Waals surface area (Å²) in [5.41, 5.74) is 9.09. The Morgan fingerprint density at radius 2 is 1.48 bits per heavy atom. The van der Waals surface area contributed by atoms with E-state index in [1.54, 1.807) is 27.1 Å². The predicted molar refractivity (Wildman–Crippen MR) is 135 cm³/mol. The highest BCUT2D eigenvalue weighted by molar-refractivity contribution is 9.11. The number of carboxylic acids is 1. The van der Waals surface area contributed by atoms with Gasteiger partial charge in [-0.3, -0.25) is 14.2 Å². The van der Waals surface area contributed by atoms with Crippen LogP contribution in [0.2, 0.25) is 0 Å². The number of rotatable bonds is 3. The summed E-state index contributed by atoms with van der Waals surface area (Å²) in [6.07, 6.45) is 3.55. The zero-order valence-electron chi connectivity index (χ0n) is 17.9. The number of anilines is 2. The zero-order valence-corrected chi connectivity index (χ0v) is 22.7. The first-order valence-electron chi connectivity index (χ1n) is 8.99. The van der Waals surface area contributed by atoms with Crippen molar-refractivity contribution >= 4 is 77.8 Å². The van der Waals surface area contributed by atoms with Gasteiger partial charge in [-0.25, -0.2) is 14.8 Å². The maximum absolute atomic E-state index is 11.8. The number of nitrogens with one attached hydrogen (secondary N) is 1. The van der Waals surface area contributed by atoms with Crippen molar-refractivity contribution in [1.29, 1.82) is 0 Å². The monoisotopic (exact) mass is 618 g/mol. The number of thiazole rings is 2. The highest BCUT2D eigenvalue weighted by Crippen LogP contribution is 2.18. The van der Waals surface area contributed by atoms with E-state index in [4.69, 9.17) is 10.8 Å². The van der Waals surface area contributed by atoms with Crippen molar-refractivity contribution in [2.24, 2.45) is 14.1 Å². The molecule has 4 rings (SSSR count). The summed E-state index contributed by atoms with van der Waals surface area (Å²) in [7, 11) is 3.66. The normalized spacial score (nSPS) is 10.0. The predicted octanol–water partition coefficient (Wildman–Crippen LogP) is 4.11. The van der Waals surface area contributed by atoms with Crippen molar-refractivity contribution in [3.05, 3.63) is 53.8 Å². The van der Waals surface area contributed by atoms with E-state index in [1.165, 1.54) is 28.1 Å². The number of halogens is 2. The molecule has 0 aliphatic rings. The number of nitrogens with zero attached hydrogens (tertiary/aromatic N) is 6. The van der Waals surface area contributed by atoms with Gasteiger partial charge < -0.3 is 16.2 Å². The van der Waals surface area contributed by atoms with Crippen LogP contribution in [0.15, 0.2) is 31.0 Å². The van der Waals surface area contributed by atoms with Crippen LogP contribution in [-0.2, 0) is 14.1 Å². The number of amides is 1. The minimum absolute atomic E-state index is 0.0897. The SMILES string of the molecule is Cc1nn(C)cc1N.Cc1nn(C)cc1NC(=O)c1csc(Br)n1.O=C(O)c1csc(Br)n1. The Morgan fingerprint density at radius 1 is 0.970 bits per heavy atom. The van der Waals surface area contributed by atoms with Crippen LogP contribution in [0, 0.1) is 13.8 Å². The summed E-state index contributed by atoms with van der Waals surface area (Å²) in [6.45, 7) is 3.72. The smallest absolute Gasteiger partial charge is 0.355 e. The second-order valence-corrected chi connectivity index (χ2v) is 10.6. The maximum Gasteiger partial charge on any atom is 0.355 e. The standard InChI is InChI=1S/C9H9BrN4OS.C5H9N3.C4H2BrNO2S/c1-5-6(3-14(2)13-5)11-8(15)7-4-16-9(10)12-7;1-4-5(6)3-8(2)7-4;5-4-6-2(1-9-4)3(7)8/h3-4H,1-2H3,(H,11,15);3H,6H2,1-2H3;1H,(H,7,8). The molecular weight excluding hydrogens is 600 g/mol. The highest BCUT2D eigenvalue weighted by atomic mass is 79.9. The van der Waals surface area contributed by atoms with Crippen molar-refractivity contribution in [1.82, 2.24) is 29.5 Å². The molecule has 0 saturated carbocycles. The summed E-state index contributed by atoms with van der Waals surface area (Å²) in [5.74, 6) is -1.21. The van der Waals surface area contributed by atoms with E-state index in [1.807, 2.05) is 27.9 Å². The van der Waals surface area contributed by atoms with Crippen LogP contribution >= 0.6 is 54.5 Å². The van der Waals surface area contributed by atoms with E-state index < -0.39 is 5.97 Å². The zero-order chi connectivity index (χ0) is 24.7. The van der Waals surface area contributed by atoms with Gasteiger partial charge in [0.1, 0.15) is 5.69 Å². The van der Waals surface area contributed by atoms with Crippen LogP contribution in [0.25, 0.3) is 0 Å². The Labute approximate surface area is 213 Å². The molecule has 33 heavy (non-hydrogen) atoms. The average Bonchev–Trinajstić information content (AvgIpc) is 3.48. The molecule has 11 nitrogen and oxygen atoms in total. The van der Waals surface area contributed by atoms with E-state index in [2.05, 4.69) is 57.3 Å². The summed E-state index contributed by atoms with van der Waals surface area (Å²) < 4.78 is 4.65. The molecule has 0 aliphatic heterocycles. The number of nitrogens with two attached hydrogens (primary N) is 1. The number of aryl methyl sites for hydroxylation is 4. The summed E-state index contributed by atoms with van der Waals surface area (Å²) >= 11 is 8.89. The van der Waals surface area contributed by atoms with Crippen LogP contribution in [0.1, 0.15) is 32.4 Å². The summed E-state index contributed by atoms with van der Waals surface area (Å²) in [5, 5.41) is 22.4. The number of carbonyl (C=O) groups excluding carboxylic acids is 1. The van der Waals surface area contributed by atoms with E-state index in [9.17, 15) is 9.59 Å². The van der Waals surface area contributed by atoms with Crippen molar-refractivity contribution < 1.29 is 14.7 Å². The van der Waals surface area contributed by atoms with Gasteiger partial charge in [0.15, 0.2) is 13.5 Å². The first-order valence-corrected chi connectivity index (χ1v) is 12.3. The van der Waals surface area contributed by atoms with Crippen LogP contribution in [0.4, 0.5) is 11.4 Å². The molecule has 4 heterocycles. The van der Waals surface area contributed by atoms with Gasteiger partial charge in [-0.15, -0.1) is 22.7 Å². The lowest BCUT2D eigenvalue weighted by atomic mass is 10.3. The molecule has 4 aromatic rings. The van der Waals surface area contributed by atoms with Gasteiger partial charge in [-0.1, -0.05) is 0 Å². The van der Waals surface area contributed by atoms with Gasteiger partial charge in [0, 0.05) is 37.2 Å². The molecule has 1 amide bonds. The third-order valence-electron chi connectivity index (χ3n) is 3.72. The van der Waals surface area contributed by atoms with E-state index in [0.29, 0.717) is 19.2 Å². The van der Waals surface area contributed by atoms with Crippen molar-refractivity contribution in [2.75, 3.05) is 11.1 Å². The lowest BCUT2D eigenvalue weighted by Gasteiger charge is -1.99. The lowest BCUT2D eigenvalue weighted by Crippen LogP contribution is -2.12. The number of hydrogen-bond acceptors (Lipinski definition) is 9. The number of aromatic carboxylic acids is 1. The second-order valence-electron chi connectivity index (χ2n) is 6.38. The topological polar surface area (TPSA) is 154 Å². The Kier molecular flexibility index (Phi) is 9.70. The molecule has 15 heteroatoms. The Morgan fingerprint density at radius 3 is 1.79 bits per heavy atom. The van der Waals surface area contributed by atoms with Gasteiger partial charge >= 0.3 is 5.97 Å². The number of aromatic nitrogens is 6.